The zero-order valence-corrected chi connectivity index (χ0v) is 5.97. The largest absolute Gasteiger partial charge is 0.459 e. The summed E-state index contributed by atoms with van der Waals surface area (Å²) in [4.78, 5) is 10.6. The number of carbonyl (C=O) groups excluding carboxylic acids is 1. The van der Waals surface area contributed by atoms with Crippen LogP contribution < -0.4 is 5.73 Å². The zero-order chi connectivity index (χ0) is 7.72. The van der Waals surface area contributed by atoms with Crippen LogP contribution in [0.4, 0.5) is 0 Å². The van der Waals surface area contributed by atoms with Gasteiger partial charge in [0, 0.05) is 5.56 Å². The van der Waals surface area contributed by atoms with E-state index >= 15 is 0 Å². The summed E-state index contributed by atoms with van der Waals surface area (Å²) < 4.78 is 4.88. The Kier molecular flexibility index (Phi) is 1.49. The Bertz CT molecular complexity index is 263. The quantitative estimate of drug-likeness (QED) is 0.630. The standard InChI is InChI=1S/C7H9NO2/c1-4-3-10-6(5(4)2)7(8)9/h3H,1-2H3,(H2,8,9). The summed E-state index contributed by atoms with van der Waals surface area (Å²) in [6.07, 6.45) is 1.52. The fourth-order valence-corrected chi connectivity index (χ4v) is 0.746. The number of rotatable bonds is 1. The van der Waals surface area contributed by atoms with Crippen LogP contribution in [0.2, 0.25) is 0 Å². The van der Waals surface area contributed by atoms with E-state index in [-0.39, 0.29) is 5.76 Å². The molecule has 0 fully saturated rings. The van der Waals surface area contributed by atoms with E-state index in [1.807, 2.05) is 6.92 Å². The lowest BCUT2D eigenvalue weighted by Gasteiger charge is -1.89. The van der Waals surface area contributed by atoms with Gasteiger partial charge in [-0.15, -0.1) is 0 Å². The second-order valence-corrected chi connectivity index (χ2v) is 2.24. The molecule has 1 aromatic rings. The Morgan fingerprint density at radius 2 is 2.20 bits per heavy atom. The minimum absolute atomic E-state index is 0.262. The molecular formula is C7H9NO2. The van der Waals surface area contributed by atoms with Crippen LogP contribution in [0.3, 0.4) is 0 Å². The van der Waals surface area contributed by atoms with Crippen LogP contribution in [-0.2, 0) is 0 Å². The van der Waals surface area contributed by atoms with Crippen LogP contribution in [0.25, 0.3) is 0 Å². The molecule has 0 aromatic carbocycles. The zero-order valence-electron chi connectivity index (χ0n) is 5.97. The van der Waals surface area contributed by atoms with E-state index in [2.05, 4.69) is 0 Å². The lowest BCUT2D eigenvalue weighted by atomic mass is 10.2. The molecule has 0 spiro atoms. The summed E-state index contributed by atoms with van der Waals surface area (Å²) in [6.45, 7) is 3.67. The Balaban J connectivity index is 3.17. The molecule has 0 saturated carbocycles. The van der Waals surface area contributed by atoms with Gasteiger partial charge in [-0.2, -0.15) is 0 Å². The molecule has 3 heteroatoms. The third kappa shape index (κ3) is 0.900. The number of hydrogen-bond acceptors (Lipinski definition) is 2. The maximum absolute atomic E-state index is 10.6. The SMILES string of the molecule is Cc1coc(C(N)=O)c1C. The minimum Gasteiger partial charge on any atom is -0.459 e. The molecule has 10 heavy (non-hydrogen) atoms. The molecule has 0 saturated heterocycles. The van der Waals surface area contributed by atoms with Gasteiger partial charge in [-0.05, 0) is 19.4 Å². The Morgan fingerprint density at radius 1 is 1.60 bits per heavy atom. The third-order valence-corrected chi connectivity index (χ3v) is 1.51. The number of carbonyl (C=O) groups is 1. The van der Waals surface area contributed by atoms with Gasteiger partial charge in [0.1, 0.15) is 0 Å². The van der Waals surface area contributed by atoms with Gasteiger partial charge < -0.3 is 10.2 Å². The first-order valence-corrected chi connectivity index (χ1v) is 2.97. The molecule has 1 heterocycles. The lowest BCUT2D eigenvalue weighted by Crippen LogP contribution is -2.10. The van der Waals surface area contributed by atoms with Crippen LogP contribution in [0, 0.1) is 13.8 Å². The minimum atomic E-state index is -0.509. The molecule has 0 aliphatic heterocycles. The fraction of sp³-hybridized carbons (Fsp3) is 0.286. The first-order chi connectivity index (χ1) is 4.63. The molecule has 0 unspecified atom stereocenters. The van der Waals surface area contributed by atoms with Gasteiger partial charge in [0.05, 0.1) is 6.26 Å². The van der Waals surface area contributed by atoms with Gasteiger partial charge >= 0.3 is 0 Å². The van der Waals surface area contributed by atoms with E-state index in [0.29, 0.717) is 0 Å². The number of nitrogens with two attached hydrogens (primary N) is 1. The molecule has 0 bridgehead atoms. The summed E-state index contributed by atoms with van der Waals surface area (Å²) in [5, 5.41) is 0. The van der Waals surface area contributed by atoms with E-state index in [9.17, 15) is 4.79 Å². The maximum atomic E-state index is 10.6. The number of furan rings is 1. The lowest BCUT2D eigenvalue weighted by molar-refractivity contribution is 0.0973. The van der Waals surface area contributed by atoms with Crippen molar-refractivity contribution < 1.29 is 9.21 Å². The van der Waals surface area contributed by atoms with Crippen molar-refractivity contribution in [1.29, 1.82) is 0 Å². The Morgan fingerprint density at radius 3 is 2.40 bits per heavy atom. The summed E-state index contributed by atoms with van der Waals surface area (Å²) >= 11 is 0. The van der Waals surface area contributed by atoms with Crippen molar-refractivity contribution in [3.05, 3.63) is 23.2 Å². The second kappa shape index (κ2) is 2.17. The predicted molar refractivity (Wildman–Crippen MR) is 36.7 cm³/mol. The Hall–Kier alpha value is -1.25. The predicted octanol–water partition coefficient (Wildman–Crippen LogP) is 0.995. The molecule has 1 aromatic heterocycles. The molecule has 2 N–H and O–H groups in total. The van der Waals surface area contributed by atoms with Gasteiger partial charge in [0.15, 0.2) is 5.76 Å². The summed E-state index contributed by atoms with van der Waals surface area (Å²) in [5.74, 6) is -0.247. The highest BCUT2D eigenvalue weighted by Crippen LogP contribution is 2.13. The molecule has 0 aliphatic carbocycles. The molecule has 0 aliphatic rings. The third-order valence-electron chi connectivity index (χ3n) is 1.51. The molecule has 0 atom stereocenters. The monoisotopic (exact) mass is 139 g/mol. The molecular weight excluding hydrogens is 130 g/mol. The van der Waals surface area contributed by atoms with Crippen molar-refractivity contribution in [3.8, 4) is 0 Å². The van der Waals surface area contributed by atoms with E-state index < -0.39 is 5.91 Å². The van der Waals surface area contributed by atoms with Crippen molar-refractivity contribution in [3.63, 3.8) is 0 Å². The maximum Gasteiger partial charge on any atom is 0.284 e. The molecule has 0 radical (unpaired) electrons. The van der Waals surface area contributed by atoms with E-state index in [1.54, 1.807) is 6.92 Å². The number of amides is 1. The molecule has 54 valence electrons. The number of aryl methyl sites for hydroxylation is 1. The van der Waals surface area contributed by atoms with Crippen molar-refractivity contribution in [2.75, 3.05) is 0 Å². The molecule has 1 amide bonds. The van der Waals surface area contributed by atoms with Gasteiger partial charge in [-0.3, -0.25) is 4.79 Å². The average molecular weight is 139 g/mol. The van der Waals surface area contributed by atoms with E-state index in [4.69, 9.17) is 10.2 Å². The molecule has 3 nitrogen and oxygen atoms in total. The van der Waals surface area contributed by atoms with Crippen LogP contribution in [0.1, 0.15) is 21.7 Å². The normalized spacial score (nSPS) is 9.80. The van der Waals surface area contributed by atoms with E-state index in [0.717, 1.165) is 11.1 Å². The van der Waals surface area contributed by atoms with Gasteiger partial charge in [0.2, 0.25) is 0 Å². The molecule has 1 rings (SSSR count). The van der Waals surface area contributed by atoms with Crippen LogP contribution in [0.5, 0.6) is 0 Å². The average Bonchev–Trinajstić information content (AvgIpc) is 2.14. The highest BCUT2D eigenvalue weighted by molar-refractivity contribution is 5.91. The van der Waals surface area contributed by atoms with Gasteiger partial charge in [0.25, 0.3) is 5.91 Å². The fourth-order valence-electron chi connectivity index (χ4n) is 0.746. The van der Waals surface area contributed by atoms with Crippen LogP contribution >= 0.6 is 0 Å². The van der Waals surface area contributed by atoms with Crippen LogP contribution in [0.15, 0.2) is 10.7 Å². The van der Waals surface area contributed by atoms with Crippen molar-refractivity contribution >= 4 is 5.91 Å². The van der Waals surface area contributed by atoms with Crippen molar-refractivity contribution in [2.24, 2.45) is 5.73 Å². The first kappa shape index (κ1) is 6.86. The second-order valence-electron chi connectivity index (χ2n) is 2.24. The first-order valence-electron chi connectivity index (χ1n) is 2.97. The number of primary amides is 1. The summed E-state index contributed by atoms with van der Waals surface area (Å²) in [5.41, 5.74) is 6.77. The van der Waals surface area contributed by atoms with Crippen LogP contribution in [-0.4, -0.2) is 5.91 Å². The Labute approximate surface area is 58.8 Å². The van der Waals surface area contributed by atoms with Gasteiger partial charge in [-0.25, -0.2) is 0 Å². The number of hydrogen-bond donors (Lipinski definition) is 1. The van der Waals surface area contributed by atoms with Crippen molar-refractivity contribution in [2.45, 2.75) is 13.8 Å². The topological polar surface area (TPSA) is 56.2 Å². The van der Waals surface area contributed by atoms with Gasteiger partial charge in [-0.1, -0.05) is 0 Å². The van der Waals surface area contributed by atoms with E-state index in [1.165, 1.54) is 6.26 Å². The highest BCUT2D eigenvalue weighted by atomic mass is 16.3. The smallest absolute Gasteiger partial charge is 0.284 e. The van der Waals surface area contributed by atoms with Crippen molar-refractivity contribution in [1.82, 2.24) is 0 Å². The summed E-state index contributed by atoms with van der Waals surface area (Å²) in [7, 11) is 0. The summed E-state index contributed by atoms with van der Waals surface area (Å²) in [6, 6.07) is 0. The highest BCUT2D eigenvalue weighted by Gasteiger charge is 2.10.